The lowest BCUT2D eigenvalue weighted by molar-refractivity contribution is 0.101. The number of ether oxygens (including phenoxy) is 3. The Balaban J connectivity index is 1.44. The Kier molecular flexibility index (Phi) is 6.97. The quantitative estimate of drug-likeness (QED) is 0.548. The average molecular weight is 461 g/mol. The number of benzene rings is 2. The van der Waals surface area contributed by atoms with Crippen LogP contribution in [0.3, 0.4) is 0 Å². The van der Waals surface area contributed by atoms with Crippen molar-refractivity contribution < 1.29 is 23.8 Å². The molecule has 10 heteroatoms. The summed E-state index contributed by atoms with van der Waals surface area (Å²) < 4.78 is 15.9. The monoisotopic (exact) mass is 461 g/mol. The highest BCUT2D eigenvalue weighted by Crippen LogP contribution is 2.28. The predicted molar refractivity (Wildman–Crippen MR) is 124 cm³/mol. The second-order valence-electron chi connectivity index (χ2n) is 7.27. The molecule has 0 radical (unpaired) electrons. The van der Waals surface area contributed by atoms with Gasteiger partial charge >= 0.3 is 6.09 Å². The molecule has 1 aromatic heterocycles. The number of hydrogen-bond donors (Lipinski definition) is 1. The second kappa shape index (κ2) is 10.4. The van der Waals surface area contributed by atoms with Crippen LogP contribution in [-0.2, 0) is 11.2 Å². The molecule has 0 saturated heterocycles. The summed E-state index contributed by atoms with van der Waals surface area (Å²) in [5, 5.41) is 8.55. The Hall–Kier alpha value is -4.47. The van der Waals surface area contributed by atoms with E-state index >= 15 is 0 Å². The Morgan fingerprint density at radius 2 is 1.85 bits per heavy atom. The van der Waals surface area contributed by atoms with Gasteiger partial charge in [-0.3, -0.25) is 4.79 Å². The minimum Gasteiger partial charge on any atom is -0.493 e. The van der Waals surface area contributed by atoms with Gasteiger partial charge in [-0.05, 0) is 48.4 Å². The van der Waals surface area contributed by atoms with Crippen LogP contribution in [0, 0.1) is 0 Å². The third kappa shape index (κ3) is 5.29. The normalized spacial score (nSPS) is 13.1. The predicted octanol–water partition coefficient (Wildman–Crippen LogP) is 3.15. The summed E-state index contributed by atoms with van der Waals surface area (Å²) in [6.45, 7) is 0.364. The van der Waals surface area contributed by atoms with Gasteiger partial charge in [0.25, 0.3) is 5.91 Å². The topological polar surface area (TPSA) is 115 Å². The molecule has 34 heavy (non-hydrogen) atoms. The number of nitrogens with zero attached hydrogens (tertiary/aromatic N) is 4. The number of hydrazone groups is 1. The fourth-order valence-electron chi connectivity index (χ4n) is 3.36. The van der Waals surface area contributed by atoms with Crippen LogP contribution in [0.1, 0.15) is 21.7 Å². The Morgan fingerprint density at radius 3 is 2.62 bits per heavy atom. The van der Waals surface area contributed by atoms with Gasteiger partial charge in [-0.2, -0.15) is 10.1 Å². The number of rotatable bonds is 8. The maximum Gasteiger partial charge on any atom is 0.430 e. The molecule has 0 atom stereocenters. The zero-order valence-electron chi connectivity index (χ0n) is 18.7. The number of carbonyl (C=O) groups is 2. The van der Waals surface area contributed by atoms with Crippen molar-refractivity contribution >= 4 is 23.4 Å². The number of carbonyl (C=O) groups excluding carboxylic acids is 2. The highest BCUT2D eigenvalue weighted by Gasteiger charge is 2.23. The largest absolute Gasteiger partial charge is 0.493 e. The molecule has 0 spiro atoms. The molecule has 174 valence electrons. The fraction of sp³-hybridized carbons (Fsp3) is 0.208. The number of nitrogens with one attached hydrogen (secondary N) is 1. The summed E-state index contributed by atoms with van der Waals surface area (Å²) >= 11 is 0. The van der Waals surface area contributed by atoms with Gasteiger partial charge in [-0.1, -0.05) is 12.1 Å². The van der Waals surface area contributed by atoms with Crippen molar-refractivity contribution in [3.63, 3.8) is 0 Å². The molecule has 0 aliphatic carbocycles. The molecule has 0 unspecified atom stereocenters. The van der Waals surface area contributed by atoms with E-state index in [0.29, 0.717) is 35.9 Å². The van der Waals surface area contributed by atoms with E-state index in [1.54, 1.807) is 38.5 Å². The molecule has 10 nitrogen and oxygen atoms in total. The zero-order chi connectivity index (χ0) is 23.9. The van der Waals surface area contributed by atoms with Crippen molar-refractivity contribution in [3.8, 4) is 11.5 Å². The maximum absolute atomic E-state index is 12.3. The van der Waals surface area contributed by atoms with E-state index in [0.717, 1.165) is 11.1 Å². The van der Waals surface area contributed by atoms with E-state index in [1.165, 1.54) is 17.4 Å². The van der Waals surface area contributed by atoms with E-state index < -0.39 is 12.0 Å². The summed E-state index contributed by atoms with van der Waals surface area (Å²) in [4.78, 5) is 32.4. The molecular weight excluding hydrogens is 438 g/mol. The van der Waals surface area contributed by atoms with Gasteiger partial charge in [0.1, 0.15) is 12.3 Å². The first-order chi connectivity index (χ1) is 16.6. The van der Waals surface area contributed by atoms with Crippen molar-refractivity contribution in [1.82, 2.24) is 15.0 Å². The molecule has 3 aromatic rings. The van der Waals surface area contributed by atoms with Gasteiger partial charge in [-0.15, -0.1) is 0 Å². The number of hydrogen-bond acceptors (Lipinski definition) is 8. The summed E-state index contributed by atoms with van der Waals surface area (Å²) in [6.07, 6.45) is 3.00. The van der Waals surface area contributed by atoms with Crippen molar-refractivity contribution in [2.24, 2.45) is 5.10 Å². The Bertz CT molecular complexity index is 1220. The van der Waals surface area contributed by atoms with Gasteiger partial charge in [0.05, 0.1) is 20.8 Å². The first kappa shape index (κ1) is 22.7. The van der Waals surface area contributed by atoms with Crippen molar-refractivity contribution in [3.05, 3.63) is 77.9 Å². The number of methoxy groups -OCH3 is 2. The summed E-state index contributed by atoms with van der Waals surface area (Å²) in [5.74, 6) is 0.843. The molecule has 2 heterocycles. The minimum absolute atomic E-state index is 0.0634. The van der Waals surface area contributed by atoms with Crippen molar-refractivity contribution in [1.29, 1.82) is 0 Å². The third-order valence-corrected chi connectivity index (χ3v) is 5.07. The highest BCUT2D eigenvalue weighted by atomic mass is 16.6. The molecule has 1 N–H and O–H groups in total. The molecule has 1 aliphatic rings. The lowest BCUT2D eigenvalue weighted by Crippen LogP contribution is -2.36. The average Bonchev–Trinajstić information content (AvgIpc) is 2.88. The van der Waals surface area contributed by atoms with Crippen LogP contribution in [0.5, 0.6) is 11.5 Å². The lowest BCUT2D eigenvalue weighted by Gasteiger charge is -2.24. The number of aromatic nitrogens is 2. The van der Waals surface area contributed by atoms with Gasteiger partial charge in [-0.25, -0.2) is 14.8 Å². The standard InChI is InChI=1S/C24H23N5O5/c1-32-20-8-7-17(14-21(20)33-2)19-15-34-24(31)29(28-19)12-9-16-5-3-6-18(13-16)27-23(30)22-25-10-4-11-26-22/h3-8,10-11,13-14H,9,12,15H2,1-2H3,(H,27,30). The molecule has 2 amide bonds. The fourth-order valence-corrected chi connectivity index (χ4v) is 3.36. The van der Waals surface area contributed by atoms with E-state index in [4.69, 9.17) is 14.2 Å². The zero-order valence-corrected chi connectivity index (χ0v) is 18.7. The SMILES string of the molecule is COc1ccc(C2=NN(CCc3cccc(NC(=O)c4ncccn4)c3)C(=O)OC2)cc1OC. The van der Waals surface area contributed by atoms with Crippen LogP contribution in [0.15, 0.2) is 66.0 Å². The van der Waals surface area contributed by atoms with Crippen LogP contribution in [0.25, 0.3) is 0 Å². The van der Waals surface area contributed by atoms with Gasteiger partial charge in [0.2, 0.25) is 5.82 Å². The molecular formula is C24H23N5O5. The van der Waals surface area contributed by atoms with Crippen molar-refractivity contribution in [2.45, 2.75) is 6.42 Å². The molecule has 0 saturated carbocycles. The smallest absolute Gasteiger partial charge is 0.430 e. The number of cyclic esters (lactones) is 1. The van der Waals surface area contributed by atoms with E-state index in [-0.39, 0.29) is 12.4 Å². The molecule has 0 fully saturated rings. The van der Waals surface area contributed by atoms with Gasteiger partial charge in [0.15, 0.2) is 11.5 Å². The van der Waals surface area contributed by atoms with E-state index in [9.17, 15) is 9.59 Å². The van der Waals surface area contributed by atoms with Crippen molar-refractivity contribution in [2.75, 3.05) is 32.7 Å². The number of amides is 2. The van der Waals surface area contributed by atoms with E-state index in [1.807, 2.05) is 24.3 Å². The van der Waals surface area contributed by atoms with Crippen LogP contribution < -0.4 is 14.8 Å². The Labute approximate surface area is 196 Å². The molecule has 0 bridgehead atoms. The summed E-state index contributed by atoms with van der Waals surface area (Å²) in [5.41, 5.74) is 2.88. The van der Waals surface area contributed by atoms with Crippen LogP contribution in [0.4, 0.5) is 10.5 Å². The van der Waals surface area contributed by atoms with Crippen LogP contribution >= 0.6 is 0 Å². The maximum atomic E-state index is 12.3. The van der Waals surface area contributed by atoms with E-state index in [2.05, 4.69) is 20.4 Å². The third-order valence-electron chi connectivity index (χ3n) is 5.07. The minimum atomic E-state index is -0.519. The highest BCUT2D eigenvalue weighted by molar-refractivity contribution is 6.04. The summed E-state index contributed by atoms with van der Waals surface area (Å²) in [6, 6.07) is 14.4. The Morgan fingerprint density at radius 1 is 1.06 bits per heavy atom. The lowest BCUT2D eigenvalue weighted by atomic mass is 10.1. The van der Waals surface area contributed by atoms with Gasteiger partial charge < -0.3 is 19.5 Å². The van der Waals surface area contributed by atoms with Crippen LogP contribution in [0.2, 0.25) is 0 Å². The van der Waals surface area contributed by atoms with Gasteiger partial charge in [0, 0.05) is 23.6 Å². The second-order valence-corrected chi connectivity index (χ2v) is 7.27. The number of anilines is 1. The van der Waals surface area contributed by atoms with Crippen LogP contribution in [-0.4, -0.2) is 60.1 Å². The first-order valence-electron chi connectivity index (χ1n) is 10.5. The molecule has 1 aliphatic heterocycles. The summed E-state index contributed by atoms with van der Waals surface area (Å²) in [7, 11) is 3.12. The first-order valence-corrected chi connectivity index (χ1v) is 10.5. The molecule has 2 aromatic carbocycles. The molecule has 4 rings (SSSR count).